The van der Waals surface area contributed by atoms with E-state index in [1.54, 1.807) is 0 Å². The Hall–Kier alpha value is -0.320. The number of aliphatic hydroxyl groups is 1. The van der Waals surface area contributed by atoms with Gasteiger partial charge in [0.05, 0.1) is 6.04 Å². The second-order valence-electron chi connectivity index (χ2n) is 3.65. The van der Waals surface area contributed by atoms with Gasteiger partial charge in [0.15, 0.2) is 5.78 Å². The maximum absolute atomic E-state index is 11.3. The Balaban J connectivity index is 0.00000196. The average Bonchev–Trinajstić information content (AvgIpc) is 2.40. The summed E-state index contributed by atoms with van der Waals surface area (Å²) in [5.41, 5.74) is -0.0877. The Kier molecular flexibility index (Phi) is 5.56. The molecule has 0 saturated carbocycles. The van der Waals surface area contributed by atoms with Crippen LogP contribution in [0.3, 0.4) is 0 Å². The van der Waals surface area contributed by atoms with Crippen LogP contribution in [0.15, 0.2) is 11.3 Å². The van der Waals surface area contributed by atoms with Crippen molar-refractivity contribution in [3.63, 3.8) is 0 Å². The van der Waals surface area contributed by atoms with Crippen LogP contribution in [0.1, 0.15) is 27.2 Å². The van der Waals surface area contributed by atoms with E-state index in [1.807, 2.05) is 13.8 Å². The number of nitrogens with one attached hydrogen (secondary N) is 1. The number of aliphatic hydroxyl groups excluding tert-OH is 1. The van der Waals surface area contributed by atoms with Crippen LogP contribution in [-0.4, -0.2) is 52.4 Å². The van der Waals surface area contributed by atoms with Crippen molar-refractivity contribution in [3.8, 4) is 0 Å². The van der Waals surface area contributed by atoms with Crippen molar-refractivity contribution in [3.05, 3.63) is 11.3 Å². The summed E-state index contributed by atoms with van der Waals surface area (Å²) in [6.07, 6.45) is 0.834. The van der Waals surface area contributed by atoms with Crippen LogP contribution in [0.2, 0.25) is 0 Å². The molecule has 1 aliphatic heterocycles. The molecule has 0 saturated heterocycles. The van der Waals surface area contributed by atoms with E-state index in [0.717, 1.165) is 6.42 Å². The molecule has 2 N–H and O–H groups in total. The summed E-state index contributed by atoms with van der Waals surface area (Å²) in [6, 6.07) is -0.397. The van der Waals surface area contributed by atoms with Gasteiger partial charge in [-0.3, -0.25) is 9.59 Å². The van der Waals surface area contributed by atoms with E-state index in [0.29, 0.717) is 0 Å². The normalized spacial score (nSPS) is 22.1. The summed E-state index contributed by atoms with van der Waals surface area (Å²) in [6.45, 7) is 5.17. The standard InChI is InChI=1S/C10H15NO3.Na.H/c1-4-5(2)8-9(13)7(6(3)12)10(14)11-8;;/h5,8,13H,4H2,1-3H3,(H,11,14);;. The van der Waals surface area contributed by atoms with Crippen LogP contribution in [0.5, 0.6) is 0 Å². The molecule has 0 radical (unpaired) electrons. The first-order valence-corrected chi connectivity index (χ1v) is 4.74. The van der Waals surface area contributed by atoms with Crippen LogP contribution < -0.4 is 5.32 Å². The molecule has 0 aromatic heterocycles. The number of Topliss-reactive ketones (excluding diaryl/α,β-unsaturated/α-hetero) is 1. The van der Waals surface area contributed by atoms with Crippen LogP contribution in [-0.2, 0) is 9.59 Å². The van der Waals surface area contributed by atoms with Gasteiger partial charge in [0.1, 0.15) is 11.3 Å². The fourth-order valence-corrected chi connectivity index (χ4v) is 1.54. The zero-order valence-corrected chi connectivity index (χ0v) is 8.63. The van der Waals surface area contributed by atoms with Gasteiger partial charge in [0, 0.05) is 0 Å². The van der Waals surface area contributed by atoms with Gasteiger partial charge in [0.25, 0.3) is 5.91 Å². The van der Waals surface area contributed by atoms with E-state index in [1.165, 1.54) is 6.92 Å². The van der Waals surface area contributed by atoms with Crippen molar-refractivity contribution in [2.45, 2.75) is 33.2 Å². The van der Waals surface area contributed by atoms with E-state index in [2.05, 4.69) is 5.32 Å². The van der Waals surface area contributed by atoms with E-state index in [9.17, 15) is 14.7 Å². The van der Waals surface area contributed by atoms with Gasteiger partial charge in [0.2, 0.25) is 0 Å². The first-order valence-electron chi connectivity index (χ1n) is 4.74. The predicted octanol–water partition coefficient (Wildman–Crippen LogP) is 0.284. The topological polar surface area (TPSA) is 66.4 Å². The van der Waals surface area contributed by atoms with Crippen molar-refractivity contribution < 1.29 is 14.7 Å². The molecule has 0 bridgehead atoms. The zero-order valence-electron chi connectivity index (χ0n) is 8.63. The number of carbonyl (C=O) groups is 2. The molecule has 1 aliphatic rings. The van der Waals surface area contributed by atoms with E-state index >= 15 is 0 Å². The van der Waals surface area contributed by atoms with Crippen LogP contribution in [0.4, 0.5) is 0 Å². The molecular formula is C10H16NNaO3. The Morgan fingerprint density at radius 1 is 1.60 bits per heavy atom. The molecule has 0 aromatic rings. The number of amides is 1. The third-order valence-corrected chi connectivity index (χ3v) is 2.63. The Bertz CT molecular complexity index is 312. The van der Waals surface area contributed by atoms with Gasteiger partial charge in [-0.15, -0.1) is 0 Å². The molecule has 80 valence electrons. The summed E-state index contributed by atoms with van der Waals surface area (Å²) in [7, 11) is 0. The quantitative estimate of drug-likeness (QED) is 0.531. The molecule has 0 fully saturated rings. The molecule has 2 atom stereocenters. The van der Waals surface area contributed by atoms with Crippen LogP contribution >= 0.6 is 0 Å². The summed E-state index contributed by atoms with van der Waals surface area (Å²) in [5, 5.41) is 12.3. The predicted molar refractivity (Wildman–Crippen MR) is 58.9 cm³/mol. The van der Waals surface area contributed by atoms with Crippen LogP contribution in [0, 0.1) is 5.92 Å². The minimum absolute atomic E-state index is 0. The molecule has 0 spiro atoms. The van der Waals surface area contributed by atoms with E-state index in [-0.39, 0.29) is 52.6 Å². The van der Waals surface area contributed by atoms with Gasteiger partial charge in [-0.1, -0.05) is 20.3 Å². The Morgan fingerprint density at radius 2 is 2.13 bits per heavy atom. The van der Waals surface area contributed by atoms with Gasteiger partial charge in [-0.25, -0.2) is 0 Å². The van der Waals surface area contributed by atoms with Gasteiger partial charge < -0.3 is 10.4 Å². The molecular weight excluding hydrogens is 205 g/mol. The molecule has 1 heterocycles. The summed E-state index contributed by atoms with van der Waals surface area (Å²) < 4.78 is 0. The molecule has 1 amide bonds. The van der Waals surface area contributed by atoms with E-state index in [4.69, 9.17) is 0 Å². The molecule has 15 heavy (non-hydrogen) atoms. The third kappa shape index (κ3) is 2.83. The number of ketones is 1. The zero-order chi connectivity index (χ0) is 10.9. The third-order valence-electron chi connectivity index (χ3n) is 2.63. The van der Waals surface area contributed by atoms with Crippen molar-refractivity contribution >= 4 is 41.2 Å². The van der Waals surface area contributed by atoms with Crippen LogP contribution in [0.25, 0.3) is 0 Å². The first kappa shape index (κ1) is 14.7. The summed E-state index contributed by atoms with van der Waals surface area (Å²) in [4.78, 5) is 22.4. The first-order chi connectivity index (χ1) is 6.49. The number of hydrogen-bond acceptors (Lipinski definition) is 3. The van der Waals surface area contributed by atoms with Crippen molar-refractivity contribution in [1.29, 1.82) is 0 Å². The van der Waals surface area contributed by atoms with Gasteiger partial charge in [-0.2, -0.15) is 0 Å². The molecule has 0 aliphatic carbocycles. The number of hydrogen-bond donors (Lipinski definition) is 2. The SMILES string of the molecule is CCC(C)C1NC(=O)C(C(C)=O)=C1O.[NaH]. The monoisotopic (exact) mass is 221 g/mol. The van der Waals surface area contributed by atoms with Crippen molar-refractivity contribution in [1.82, 2.24) is 5.32 Å². The molecule has 5 heteroatoms. The average molecular weight is 221 g/mol. The van der Waals surface area contributed by atoms with Gasteiger partial charge in [-0.05, 0) is 12.8 Å². The van der Waals surface area contributed by atoms with Gasteiger partial charge >= 0.3 is 29.6 Å². The molecule has 1 rings (SSSR count). The summed E-state index contributed by atoms with van der Waals surface area (Å²) in [5.74, 6) is -0.807. The number of carbonyl (C=O) groups excluding carboxylic acids is 2. The maximum atomic E-state index is 11.3. The van der Waals surface area contributed by atoms with E-state index < -0.39 is 11.9 Å². The molecule has 0 aromatic carbocycles. The molecule has 4 nitrogen and oxygen atoms in total. The fraction of sp³-hybridized carbons (Fsp3) is 0.600. The molecule has 2 unspecified atom stereocenters. The second-order valence-corrected chi connectivity index (χ2v) is 3.65. The Morgan fingerprint density at radius 3 is 2.47 bits per heavy atom. The fourth-order valence-electron chi connectivity index (χ4n) is 1.54. The van der Waals surface area contributed by atoms with Crippen molar-refractivity contribution in [2.75, 3.05) is 0 Å². The van der Waals surface area contributed by atoms with Crippen molar-refractivity contribution in [2.24, 2.45) is 5.92 Å². The Labute approximate surface area is 111 Å². The number of rotatable bonds is 3. The minimum atomic E-state index is -0.458. The summed E-state index contributed by atoms with van der Waals surface area (Å²) >= 11 is 0. The second kappa shape index (κ2) is 5.68.